The molecule has 1 aromatic heterocycles. The summed E-state index contributed by atoms with van der Waals surface area (Å²) in [7, 11) is 0. The summed E-state index contributed by atoms with van der Waals surface area (Å²) in [4.78, 5) is 30.5. The van der Waals surface area contributed by atoms with Crippen molar-refractivity contribution in [3.05, 3.63) is 77.4 Å². The van der Waals surface area contributed by atoms with Crippen molar-refractivity contribution in [2.24, 2.45) is 0 Å². The molecule has 1 atom stereocenters. The van der Waals surface area contributed by atoms with E-state index in [1.165, 1.54) is 24.5 Å². The van der Waals surface area contributed by atoms with Gasteiger partial charge in [0, 0.05) is 30.8 Å². The van der Waals surface area contributed by atoms with E-state index in [4.69, 9.17) is 4.42 Å². The number of aromatic nitrogens is 1. The Bertz CT molecular complexity index is 1120. The van der Waals surface area contributed by atoms with E-state index in [9.17, 15) is 23.5 Å². The number of benzene rings is 2. The van der Waals surface area contributed by atoms with Gasteiger partial charge in [-0.3, -0.25) is 9.59 Å². The molecule has 0 radical (unpaired) electrons. The fraction of sp³-hybridized carbons (Fsp3) is 0.292. The van der Waals surface area contributed by atoms with Crippen LogP contribution in [0.1, 0.15) is 40.6 Å². The lowest BCUT2D eigenvalue weighted by atomic mass is 10.1. The molecule has 1 aliphatic heterocycles. The second kappa shape index (κ2) is 9.91. The molecular weight excluding hydrogens is 432 g/mol. The second-order valence-corrected chi connectivity index (χ2v) is 7.86. The summed E-state index contributed by atoms with van der Waals surface area (Å²) in [6.45, 7) is 1.00. The first-order chi connectivity index (χ1) is 15.9. The van der Waals surface area contributed by atoms with Gasteiger partial charge in [-0.1, -0.05) is 30.3 Å². The maximum atomic E-state index is 14.3. The van der Waals surface area contributed by atoms with Gasteiger partial charge < -0.3 is 19.7 Å². The van der Waals surface area contributed by atoms with Gasteiger partial charge in [0.05, 0.1) is 6.10 Å². The zero-order chi connectivity index (χ0) is 23.4. The third kappa shape index (κ3) is 5.25. The molecule has 0 saturated carbocycles. The number of oxazole rings is 1. The number of hydrogen-bond acceptors (Lipinski definition) is 5. The SMILES string of the molecule is O=C(NCc1ccc(-c2nc(C(=O)N3CCC(O)CC3)co2)cc1)C(F)c1ccccc1F. The van der Waals surface area contributed by atoms with Crippen molar-refractivity contribution in [3.8, 4) is 11.5 Å². The predicted octanol–water partition coefficient (Wildman–Crippen LogP) is 3.40. The van der Waals surface area contributed by atoms with E-state index < -0.39 is 17.9 Å². The number of carbonyl (C=O) groups is 2. The molecule has 0 spiro atoms. The molecule has 1 fully saturated rings. The molecule has 3 aromatic rings. The maximum absolute atomic E-state index is 14.3. The topological polar surface area (TPSA) is 95.7 Å². The highest BCUT2D eigenvalue weighted by molar-refractivity contribution is 5.92. The number of likely N-dealkylation sites (tertiary alicyclic amines) is 1. The van der Waals surface area contributed by atoms with Crippen LogP contribution in [0.15, 0.2) is 59.2 Å². The molecule has 2 heterocycles. The van der Waals surface area contributed by atoms with Crippen LogP contribution in [0.5, 0.6) is 0 Å². The van der Waals surface area contributed by atoms with Gasteiger partial charge in [-0.15, -0.1) is 0 Å². The van der Waals surface area contributed by atoms with E-state index in [1.54, 1.807) is 29.2 Å². The summed E-state index contributed by atoms with van der Waals surface area (Å²) < 4.78 is 33.4. The van der Waals surface area contributed by atoms with Gasteiger partial charge in [-0.2, -0.15) is 0 Å². The Kier molecular flexibility index (Phi) is 6.79. The van der Waals surface area contributed by atoms with E-state index in [0.29, 0.717) is 37.1 Å². The molecule has 0 aliphatic carbocycles. The molecule has 33 heavy (non-hydrogen) atoms. The van der Waals surface area contributed by atoms with Gasteiger partial charge in [0.1, 0.15) is 12.1 Å². The lowest BCUT2D eigenvalue weighted by Gasteiger charge is -2.28. The average molecular weight is 455 g/mol. The third-order valence-electron chi connectivity index (χ3n) is 5.55. The number of nitrogens with zero attached hydrogens (tertiary/aromatic N) is 2. The van der Waals surface area contributed by atoms with E-state index in [1.807, 2.05) is 0 Å². The van der Waals surface area contributed by atoms with Gasteiger partial charge in [-0.25, -0.2) is 13.8 Å². The monoisotopic (exact) mass is 455 g/mol. The molecule has 0 bridgehead atoms. The summed E-state index contributed by atoms with van der Waals surface area (Å²) in [5.41, 5.74) is 1.22. The molecule has 2 N–H and O–H groups in total. The molecule has 2 amide bonds. The maximum Gasteiger partial charge on any atom is 0.275 e. The molecule has 7 nitrogen and oxygen atoms in total. The van der Waals surface area contributed by atoms with Crippen molar-refractivity contribution in [3.63, 3.8) is 0 Å². The predicted molar refractivity (Wildman–Crippen MR) is 115 cm³/mol. The van der Waals surface area contributed by atoms with Crippen LogP contribution >= 0.6 is 0 Å². The van der Waals surface area contributed by atoms with Crippen LogP contribution in [0.2, 0.25) is 0 Å². The van der Waals surface area contributed by atoms with Crippen LogP contribution in [0.3, 0.4) is 0 Å². The summed E-state index contributed by atoms with van der Waals surface area (Å²) in [5.74, 6) is -1.67. The lowest BCUT2D eigenvalue weighted by Crippen LogP contribution is -2.40. The van der Waals surface area contributed by atoms with Gasteiger partial charge >= 0.3 is 0 Å². The number of rotatable bonds is 6. The highest BCUT2D eigenvalue weighted by Crippen LogP contribution is 2.22. The number of carbonyl (C=O) groups excluding carboxylic acids is 2. The Morgan fingerprint density at radius 3 is 2.55 bits per heavy atom. The number of piperidine rings is 1. The highest BCUT2D eigenvalue weighted by atomic mass is 19.1. The Labute approximate surface area is 189 Å². The van der Waals surface area contributed by atoms with Crippen molar-refractivity contribution in [2.75, 3.05) is 13.1 Å². The van der Waals surface area contributed by atoms with E-state index in [-0.39, 0.29) is 35.7 Å². The van der Waals surface area contributed by atoms with Crippen molar-refractivity contribution >= 4 is 11.8 Å². The van der Waals surface area contributed by atoms with Crippen molar-refractivity contribution < 1.29 is 27.9 Å². The van der Waals surface area contributed by atoms with E-state index in [2.05, 4.69) is 10.3 Å². The van der Waals surface area contributed by atoms with E-state index >= 15 is 0 Å². The van der Waals surface area contributed by atoms with Crippen LogP contribution < -0.4 is 5.32 Å². The number of halogens is 2. The third-order valence-corrected chi connectivity index (χ3v) is 5.55. The van der Waals surface area contributed by atoms with Gasteiger partial charge in [0.2, 0.25) is 12.1 Å². The van der Waals surface area contributed by atoms with Crippen LogP contribution in [-0.4, -0.2) is 46.0 Å². The number of nitrogens with one attached hydrogen (secondary N) is 1. The average Bonchev–Trinajstić information content (AvgIpc) is 3.33. The van der Waals surface area contributed by atoms with Gasteiger partial charge in [-0.05, 0) is 36.6 Å². The minimum atomic E-state index is -2.10. The van der Waals surface area contributed by atoms with Crippen molar-refractivity contribution in [1.82, 2.24) is 15.2 Å². The second-order valence-electron chi connectivity index (χ2n) is 7.86. The minimum Gasteiger partial charge on any atom is -0.444 e. The standard InChI is InChI=1S/C24H23F2N3O4/c25-19-4-2-1-3-18(19)21(26)22(31)27-13-15-5-7-16(8-6-15)23-28-20(14-33-23)24(32)29-11-9-17(30)10-12-29/h1-8,14,17,21,30H,9-13H2,(H,27,31). The molecule has 9 heteroatoms. The highest BCUT2D eigenvalue weighted by Gasteiger charge is 2.25. The zero-order valence-corrected chi connectivity index (χ0v) is 17.7. The fourth-order valence-corrected chi connectivity index (χ4v) is 3.60. The fourth-order valence-electron chi connectivity index (χ4n) is 3.60. The molecule has 2 aromatic carbocycles. The minimum absolute atomic E-state index is 0.0596. The zero-order valence-electron chi connectivity index (χ0n) is 17.7. The number of aliphatic hydroxyl groups is 1. The Balaban J connectivity index is 1.34. The van der Waals surface area contributed by atoms with Crippen LogP contribution in [0.4, 0.5) is 8.78 Å². The first kappa shape index (κ1) is 22.6. The largest absolute Gasteiger partial charge is 0.444 e. The molecule has 4 rings (SSSR count). The molecule has 1 saturated heterocycles. The number of alkyl halides is 1. The van der Waals surface area contributed by atoms with Crippen LogP contribution in [-0.2, 0) is 11.3 Å². The normalized spacial score (nSPS) is 15.3. The molecular formula is C24H23F2N3O4. The quantitative estimate of drug-likeness (QED) is 0.594. The number of aliphatic hydroxyl groups excluding tert-OH is 1. The summed E-state index contributed by atoms with van der Waals surface area (Å²) in [6, 6.07) is 12.1. The number of amides is 2. The Morgan fingerprint density at radius 1 is 1.15 bits per heavy atom. The van der Waals surface area contributed by atoms with Crippen LogP contribution in [0, 0.1) is 5.82 Å². The summed E-state index contributed by atoms with van der Waals surface area (Å²) >= 11 is 0. The van der Waals surface area contributed by atoms with Crippen LogP contribution in [0.25, 0.3) is 11.5 Å². The summed E-state index contributed by atoms with van der Waals surface area (Å²) in [6.07, 6.45) is -0.0890. The smallest absolute Gasteiger partial charge is 0.275 e. The summed E-state index contributed by atoms with van der Waals surface area (Å²) in [5, 5.41) is 12.0. The molecule has 1 aliphatic rings. The Hall–Kier alpha value is -3.59. The Morgan fingerprint density at radius 2 is 1.85 bits per heavy atom. The number of hydrogen-bond donors (Lipinski definition) is 2. The van der Waals surface area contributed by atoms with Crippen molar-refractivity contribution in [1.29, 1.82) is 0 Å². The van der Waals surface area contributed by atoms with Crippen molar-refractivity contribution in [2.45, 2.75) is 31.7 Å². The lowest BCUT2D eigenvalue weighted by molar-refractivity contribution is -0.126. The molecule has 1 unspecified atom stereocenters. The first-order valence-corrected chi connectivity index (χ1v) is 10.6. The first-order valence-electron chi connectivity index (χ1n) is 10.6. The van der Waals surface area contributed by atoms with Gasteiger partial charge in [0.25, 0.3) is 11.8 Å². The molecule has 172 valence electrons. The van der Waals surface area contributed by atoms with Gasteiger partial charge in [0.15, 0.2) is 5.69 Å². The van der Waals surface area contributed by atoms with E-state index in [0.717, 1.165) is 6.07 Å².